The molecule has 1 aromatic rings. The number of unbranched alkanes of at least 4 members (excludes halogenated alkanes) is 2. The first-order chi connectivity index (χ1) is 11.5. The molecule has 0 N–H and O–H groups in total. The maximum Gasteiger partial charge on any atom is 0.120 e. The highest BCUT2D eigenvalue weighted by Gasteiger charge is 2.20. The average molecular weight is 331 g/mol. The molecule has 1 aromatic carbocycles. The number of rotatable bonds is 8. The van der Waals surface area contributed by atoms with Crippen LogP contribution in [0.3, 0.4) is 0 Å². The summed E-state index contributed by atoms with van der Waals surface area (Å²) in [5.74, 6) is 2.97. The third kappa shape index (κ3) is 7.28. The van der Waals surface area contributed by atoms with Crippen molar-refractivity contribution in [2.24, 2.45) is 11.8 Å². The highest BCUT2D eigenvalue weighted by Crippen LogP contribution is 2.34. The Bertz CT molecular complexity index is 446. The predicted octanol–water partition coefficient (Wildman–Crippen LogP) is 7.18. The van der Waals surface area contributed by atoms with E-state index in [1.165, 1.54) is 69.8 Å². The van der Waals surface area contributed by atoms with Crippen LogP contribution in [0.4, 0.5) is 0 Å². The predicted molar refractivity (Wildman–Crippen MR) is 105 cm³/mol. The first kappa shape index (κ1) is 19.3. The third-order valence-electron chi connectivity index (χ3n) is 5.37. The zero-order valence-corrected chi connectivity index (χ0v) is 16.4. The number of benzene rings is 1. The molecule has 2 rings (SSSR count). The minimum Gasteiger partial charge on any atom is -0.488 e. The van der Waals surface area contributed by atoms with Crippen LogP contribution in [0.1, 0.15) is 91.0 Å². The van der Waals surface area contributed by atoms with Gasteiger partial charge in [-0.05, 0) is 63.1 Å². The molecule has 0 saturated heterocycles. The zero-order chi connectivity index (χ0) is 17.4. The van der Waals surface area contributed by atoms with E-state index >= 15 is 0 Å². The molecule has 1 saturated carbocycles. The quantitative estimate of drug-likeness (QED) is 0.458. The minimum absolute atomic E-state index is 0.114. The molecular formula is C23H38O. The van der Waals surface area contributed by atoms with Crippen molar-refractivity contribution in [1.82, 2.24) is 0 Å². The number of aryl methyl sites for hydroxylation is 1. The van der Waals surface area contributed by atoms with Crippen molar-refractivity contribution in [2.75, 3.05) is 0 Å². The van der Waals surface area contributed by atoms with Crippen LogP contribution >= 0.6 is 0 Å². The Hall–Kier alpha value is -0.980. The Labute approximate surface area is 150 Å². The van der Waals surface area contributed by atoms with Gasteiger partial charge in [0.15, 0.2) is 0 Å². The fourth-order valence-electron chi connectivity index (χ4n) is 3.94. The van der Waals surface area contributed by atoms with Crippen molar-refractivity contribution in [3.05, 3.63) is 29.8 Å². The van der Waals surface area contributed by atoms with Gasteiger partial charge in [0.05, 0.1) is 0 Å². The third-order valence-corrected chi connectivity index (χ3v) is 5.37. The van der Waals surface area contributed by atoms with E-state index in [-0.39, 0.29) is 5.60 Å². The van der Waals surface area contributed by atoms with Gasteiger partial charge in [-0.1, -0.05) is 70.4 Å². The van der Waals surface area contributed by atoms with Gasteiger partial charge >= 0.3 is 0 Å². The molecule has 0 radical (unpaired) electrons. The van der Waals surface area contributed by atoms with E-state index in [0.29, 0.717) is 0 Å². The Morgan fingerprint density at radius 3 is 2.00 bits per heavy atom. The summed E-state index contributed by atoms with van der Waals surface area (Å²) in [6, 6.07) is 8.76. The zero-order valence-electron chi connectivity index (χ0n) is 16.4. The molecule has 0 unspecified atom stereocenters. The van der Waals surface area contributed by atoms with Crippen molar-refractivity contribution in [3.8, 4) is 5.75 Å². The normalized spacial score (nSPS) is 21.7. The fourth-order valence-corrected chi connectivity index (χ4v) is 3.94. The second kappa shape index (κ2) is 9.49. The largest absolute Gasteiger partial charge is 0.488 e. The van der Waals surface area contributed by atoms with Crippen LogP contribution in [0.15, 0.2) is 24.3 Å². The average Bonchev–Trinajstić information content (AvgIpc) is 2.54. The summed E-state index contributed by atoms with van der Waals surface area (Å²) in [6.07, 6.45) is 14.2. The van der Waals surface area contributed by atoms with E-state index < -0.39 is 0 Å². The molecule has 0 atom stereocenters. The molecule has 1 nitrogen and oxygen atoms in total. The Morgan fingerprint density at radius 1 is 0.875 bits per heavy atom. The van der Waals surface area contributed by atoms with Gasteiger partial charge in [0.2, 0.25) is 0 Å². The first-order valence-corrected chi connectivity index (χ1v) is 10.2. The lowest BCUT2D eigenvalue weighted by Crippen LogP contribution is -2.22. The number of hydrogen-bond acceptors (Lipinski definition) is 1. The Kier molecular flexibility index (Phi) is 7.65. The van der Waals surface area contributed by atoms with Gasteiger partial charge < -0.3 is 4.74 Å². The lowest BCUT2D eigenvalue weighted by atomic mass is 9.78. The topological polar surface area (TPSA) is 9.23 Å². The first-order valence-electron chi connectivity index (χ1n) is 10.2. The molecule has 0 aliphatic heterocycles. The lowest BCUT2D eigenvalue weighted by molar-refractivity contribution is 0.131. The summed E-state index contributed by atoms with van der Waals surface area (Å²) in [4.78, 5) is 0. The SMILES string of the molecule is CCCCCC1CCC(CCc2ccc(OC(C)(C)C)cc2)CC1. The molecule has 0 bridgehead atoms. The van der Waals surface area contributed by atoms with Crippen LogP contribution in [-0.2, 0) is 6.42 Å². The van der Waals surface area contributed by atoms with Gasteiger partial charge in [0, 0.05) is 0 Å². The molecule has 0 aromatic heterocycles. The van der Waals surface area contributed by atoms with Gasteiger partial charge in [-0.3, -0.25) is 0 Å². The highest BCUT2D eigenvalue weighted by atomic mass is 16.5. The molecule has 136 valence electrons. The van der Waals surface area contributed by atoms with Crippen LogP contribution in [0.2, 0.25) is 0 Å². The lowest BCUT2D eigenvalue weighted by Gasteiger charge is -2.28. The molecule has 0 amide bonds. The summed E-state index contributed by atoms with van der Waals surface area (Å²) in [6.45, 7) is 8.59. The van der Waals surface area contributed by atoms with Crippen LogP contribution in [0.5, 0.6) is 5.75 Å². The Balaban J connectivity index is 1.67. The molecule has 24 heavy (non-hydrogen) atoms. The van der Waals surface area contributed by atoms with Gasteiger partial charge in [0.25, 0.3) is 0 Å². The van der Waals surface area contributed by atoms with Crippen molar-refractivity contribution in [2.45, 2.75) is 97.5 Å². The minimum atomic E-state index is -0.114. The summed E-state index contributed by atoms with van der Waals surface area (Å²) in [7, 11) is 0. The standard InChI is InChI=1S/C23H38O/c1-5-6-7-8-19-9-11-20(12-10-19)13-14-21-15-17-22(18-16-21)24-23(2,3)4/h15-20H,5-14H2,1-4H3. The fraction of sp³-hybridized carbons (Fsp3) is 0.739. The number of ether oxygens (including phenoxy) is 1. The van der Waals surface area contributed by atoms with E-state index in [4.69, 9.17) is 4.74 Å². The summed E-state index contributed by atoms with van der Waals surface area (Å²) < 4.78 is 5.90. The van der Waals surface area contributed by atoms with Crippen LogP contribution < -0.4 is 4.74 Å². The van der Waals surface area contributed by atoms with E-state index in [0.717, 1.165) is 17.6 Å². The maximum atomic E-state index is 5.90. The Morgan fingerprint density at radius 2 is 1.46 bits per heavy atom. The van der Waals surface area contributed by atoms with Crippen LogP contribution in [0, 0.1) is 11.8 Å². The smallest absolute Gasteiger partial charge is 0.120 e. The van der Waals surface area contributed by atoms with Gasteiger partial charge in [0.1, 0.15) is 11.4 Å². The maximum absolute atomic E-state index is 5.90. The van der Waals surface area contributed by atoms with E-state index in [2.05, 4.69) is 52.0 Å². The number of hydrogen-bond donors (Lipinski definition) is 0. The summed E-state index contributed by atoms with van der Waals surface area (Å²) in [5, 5.41) is 0. The highest BCUT2D eigenvalue weighted by molar-refractivity contribution is 5.27. The van der Waals surface area contributed by atoms with E-state index in [1.54, 1.807) is 0 Å². The van der Waals surface area contributed by atoms with Gasteiger partial charge in [-0.15, -0.1) is 0 Å². The van der Waals surface area contributed by atoms with Gasteiger partial charge in [-0.25, -0.2) is 0 Å². The molecule has 0 spiro atoms. The van der Waals surface area contributed by atoms with Crippen molar-refractivity contribution >= 4 is 0 Å². The monoisotopic (exact) mass is 330 g/mol. The van der Waals surface area contributed by atoms with E-state index in [1.807, 2.05) is 0 Å². The molecule has 1 aliphatic carbocycles. The van der Waals surface area contributed by atoms with Crippen molar-refractivity contribution in [3.63, 3.8) is 0 Å². The van der Waals surface area contributed by atoms with Crippen LogP contribution in [-0.4, -0.2) is 5.60 Å². The molecule has 1 fully saturated rings. The van der Waals surface area contributed by atoms with Crippen molar-refractivity contribution < 1.29 is 4.74 Å². The van der Waals surface area contributed by atoms with Crippen LogP contribution in [0.25, 0.3) is 0 Å². The molecular weight excluding hydrogens is 292 g/mol. The van der Waals surface area contributed by atoms with Gasteiger partial charge in [-0.2, -0.15) is 0 Å². The molecule has 0 heterocycles. The second-order valence-electron chi connectivity index (χ2n) is 8.78. The van der Waals surface area contributed by atoms with Crippen molar-refractivity contribution in [1.29, 1.82) is 0 Å². The summed E-state index contributed by atoms with van der Waals surface area (Å²) in [5.41, 5.74) is 1.35. The second-order valence-corrected chi connectivity index (χ2v) is 8.78. The molecule has 1 aliphatic rings. The van der Waals surface area contributed by atoms with E-state index in [9.17, 15) is 0 Å². The summed E-state index contributed by atoms with van der Waals surface area (Å²) >= 11 is 0. The molecule has 1 heteroatoms.